The van der Waals surface area contributed by atoms with E-state index in [1.54, 1.807) is 0 Å². The minimum absolute atomic E-state index is 0.295. The number of hydrogen-bond donors (Lipinski definition) is 1. The van der Waals surface area contributed by atoms with E-state index < -0.39 is 5.97 Å². The Labute approximate surface area is 113 Å². The number of fused-ring (bicyclic) bond motifs is 1. The molecule has 0 bridgehead atoms. The van der Waals surface area contributed by atoms with Crippen molar-refractivity contribution in [3.05, 3.63) is 28.8 Å². The van der Waals surface area contributed by atoms with Gasteiger partial charge in [0.2, 0.25) is 0 Å². The van der Waals surface area contributed by atoms with Crippen molar-refractivity contribution in [1.82, 2.24) is 0 Å². The average molecular weight is 311 g/mol. The van der Waals surface area contributed by atoms with Gasteiger partial charge in [0.25, 0.3) is 0 Å². The molecule has 2 aromatic rings. The first-order chi connectivity index (χ1) is 8.68. The second-order valence-corrected chi connectivity index (χ2v) is 7.04. The number of rotatable bonds is 6. The van der Waals surface area contributed by atoms with E-state index in [0.29, 0.717) is 20.9 Å². The van der Waals surface area contributed by atoms with Crippen LogP contribution in [0.25, 0.3) is 9.78 Å². The molecule has 18 heavy (non-hydrogen) atoms. The van der Waals surface area contributed by atoms with Crippen LogP contribution in [-0.2, 0) is 11.3 Å². The molecule has 0 aliphatic carbocycles. The molecular formula is C14H18NO2Se+. The maximum atomic E-state index is 10.4. The molecule has 0 spiro atoms. The number of carboxylic acid groups (broad SMARTS) is 1. The molecule has 1 aromatic heterocycles. The molecule has 2 rings (SSSR count). The molecule has 0 radical (unpaired) electrons. The number of aromatic nitrogens is 1. The Balaban J connectivity index is 1.95. The van der Waals surface area contributed by atoms with Crippen LogP contribution in [0.1, 0.15) is 30.3 Å². The third-order valence-electron chi connectivity index (χ3n) is 3.07. The molecule has 3 nitrogen and oxygen atoms in total. The van der Waals surface area contributed by atoms with Crippen molar-refractivity contribution in [2.24, 2.45) is 0 Å². The van der Waals surface area contributed by atoms with E-state index in [0.717, 1.165) is 25.8 Å². The fourth-order valence-corrected chi connectivity index (χ4v) is 4.35. The van der Waals surface area contributed by atoms with Gasteiger partial charge in [-0.1, -0.05) is 0 Å². The first kappa shape index (κ1) is 13.3. The van der Waals surface area contributed by atoms with Crippen LogP contribution in [0, 0.1) is 6.92 Å². The van der Waals surface area contributed by atoms with E-state index in [1.165, 1.54) is 14.3 Å². The summed E-state index contributed by atoms with van der Waals surface area (Å²) >= 11 is 0.470. The van der Waals surface area contributed by atoms with Gasteiger partial charge >= 0.3 is 113 Å². The fraction of sp³-hybridized carbons (Fsp3) is 0.429. The number of aliphatic carboxylic acids is 1. The molecular weight excluding hydrogens is 293 g/mol. The summed E-state index contributed by atoms with van der Waals surface area (Å²) in [5.41, 5.74) is 1.35. The van der Waals surface area contributed by atoms with E-state index in [-0.39, 0.29) is 0 Å². The summed E-state index contributed by atoms with van der Waals surface area (Å²) in [6.07, 6.45) is 3.14. The maximum absolute atomic E-state index is 10.4. The van der Waals surface area contributed by atoms with Crippen LogP contribution >= 0.6 is 0 Å². The van der Waals surface area contributed by atoms with E-state index >= 15 is 0 Å². The van der Waals surface area contributed by atoms with Gasteiger partial charge in [-0.15, -0.1) is 0 Å². The van der Waals surface area contributed by atoms with Gasteiger partial charge in [0.1, 0.15) is 0 Å². The van der Waals surface area contributed by atoms with Crippen LogP contribution in [0.15, 0.2) is 24.3 Å². The summed E-state index contributed by atoms with van der Waals surface area (Å²) in [6, 6.07) is 8.59. The predicted octanol–water partition coefficient (Wildman–Crippen LogP) is 2.14. The Morgan fingerprint density at radius 2 is 2.06 bits per heavy atom. The number of unbranched alkanes of at least 4 members (excludes halogenated alkanes) is 2. The summed E-state index contributed by atoms with van der Waals surface area (Å²) < 4.78 is 5.32. The summed E-state index contributed by atoms with van der Waals surface area (Å²) in [5.74, 6) is -0.687. The van der Waals surface area contributed by atoms with E-state index in [9.17, 15) is 4.79 Å². The summed E-state index contributed by atoms with van der Waals surface area (Å²) in [6.45, 7) is 3.22. The average Bonchev–Trinajstić information content (AvgIpc) is 2.65. The number of para-hydroxylation sites is 1. The van der Waals surface area contributed by atoms with Gasteiger partial charge in [0.15, 0.2) is 0 Å². The number of hydrogen-bond acceptors (Lipinski definition) is 1. The van der Waals surface area contributed by atoms with E-state index in [1.807, 2.05) is 0 Å². The quantitative estimate of drug-likeness (QED) is 0.504. The van der Waals surface area contributed by atoms with Crippen LogP contribution in [0.4, 0.5) is 0 Å². The molecule has 0 aliphatic rings. The first-order valence-corrected chi connectivity index (χ1v) is 7.99. The molecule has 0 atom stereocenters. The van der Waals surface area contributed by atoms with Crippen molar-refractivity contribution in [3.63, 3.8) is 0 Å². The Kier molecular flexibility index (Phi) is 4.56. The molecule has 0 fully saturated rings. The first-order valence-electron chi connectivity index (χ1n) is 6.28. The van der Waals surface area contributed by atoms with Gasteiger partial charge < -0.3 is 0 Å². The molecule has 0 unspecified atom stereocenters. The van der Waals surface area contributed by atoms with Crippen LogP contribution in [0.5, 0.6) is 0 Å². The Morgan fingerprint density at radius 1 is 1.28 bits per heavy atom. The number of aryl methyl sites for hydroxylation is 2. The second-order valence-electron chi connectivity index (χ2n) is 4.44. The zero-order valence-electron chi connectivity index (χ0n) is 10.6. The molecule has 4 heteroatoms. The Morgan fingerprint density at radius 3 is 2.83 bits per heavy atom. The second kappa shape index (κ2) is 6.17. The van der Waals surface area contributed by atoms with Crippen LogP contribution < -0.4 is 4.57 Å². The van der Waals surface area contributed by atoms with Crippen LogP contribution in [0.3, 0.4) is 0 Å². The monoisotopic (exact) mass is 312 g/mol. The van der Waals surface area contributed by atoms with Crippen molar-refractivity contribution in [1.29, 1.82) is 0 Å². The van der Waals surface area contributed by atoms with Gasteiger partial charge in [-0.25, -0.2) is 0 Å². The number of carboxylic acids is 1. The predicted molar refractivity (Wildman–Crippen MR) is 71.9 cm³/mol. The summed E-state index contributed by atoms with van der Waals surface area (Å²) in [5, 5.41) is 8.58. The number of nitrogens with zero attached hydrogens (tertiary/aromatic N) is 1. The molecule has 0 saturated carbocycles. The van der Waals surface area contributed by atoms with Crippen molar-refractivity contribution in [3.8, 4) is 0 Å². The molecule has 1 aromatic carbocycles. The summed E-state index contributed by atoms with van der Waals surface area (Å²) in [7, 11) is 0. The Bertz CT molecular complexity index is 548. The molecule has 0 saturated heterocycles. The van der Waals surface area contributed by atoms with Crippen LogP contribution in [-0.4, -0.2) is 25.6 Å². The zero-order chi connectivity index (χ0) is 13.0. The van der Waals surface area contributed by atoms with Crippen LogP contribution in [0.2, 0.25) is 0 Å². The topological polar surface area (TPSA) is 41.2 Å². The zero-order valence-corrected chi connectivity index (χ0v) is 12.3. The van der Waals surface area contributed by atoms with E-state index in [2.05, 4.69) is 35.8 Å². The van der Waals surface area contributed by atoms with Crippen molar-refractivity contribution in [2.75, 3.05) is 0 Å². The van der Waals surface area contributed by atoms with E-state index in [4.69, 9.17) is 5.11 Å². The van der Waals surface area contributed by atoms with Crippen molar-refractivity contribution >= 4 is 30.2 Å². The number of carbonyl (C=O) groups is 1. The number of benzene rings is 1. The molecule has 0 amide bonds. The normalized spacial score (nSPS) is 10.9. The van der Waals surface area contributed by atoms with Gasteiger partial charge in [0.05, 0.1) is 0 Å². The van der Waals surface area contributed by atoms with Crippen molar-refractivity contribution in [2.45, 2.75) is 39.2 Å². The molecule has 1 N–H and O–H groups in total. The third-order valence-corrected chi connectivity index (χ3v) is 5.33. The van der Waals surface area contributed by atoms with Gasteiger partial charge in [0, 0.05) is 0 Å². The molecule has 1 heterocycles. The fourth-order valence-electron chi connectivity index (χ4n) is 2.15. The molecule has 96 valence electrons. The minimum atomic E-state index is -0.687. The summed E-state index contributed by atoms with van der Waals surface area (Å²) in [4.78, 5) is 10.4. The SMILES string of the molecule is Cc1[se]c2ccccc2[n+]1CCCCCC(=O)O. The van der Waals surface area contributed by atoms with Crippen molar-refractivity contribution < 1.29 is 14.5 Å². The Hall–Kier alpha value is -1.12. The van der Waals surface area contributed by atoms with Gasteiger partial charge in [-0.05, 0) is 0 Å². The van der Waals surface area contributed by atoms with Gasteiger partial charge in [-0.2, -0.15) is 0 Å². The molecule has 0 aliphatic heterocycles. The third kappa shape index (κ3) is 3.21. The van der Waals surface area contributed by atoms with Gasteiger partial charge in [-0.3, -0.25) is 0 Å². The standard InChI is InChI=1S/C14H17NO2Se/c1-11-15(10-6-2-3-9-14(16)17)12-7-4-5-8-13(12)18-11/h4-5,7-8H,2-3,6,9-10H2,1H3/p+1.